The molecule has 10 heteroatoms. The molecule has 1 aromatic carbocycles. The predicted molar refractivity (Wildman–Crippen MR) is 170 cm³/mol. The third kappa shape index (κ3) is 8.20. The van der Waals surface area contributed by atoms with Crippen molar-refractivity contribution >= 4 is 34.9 Å². The van der Waals surface area contributed by atoms with E-state index in [1.807, 2.05) is 0 Å². The van der Waals surface area contributed by atoms with Crippen LogP contribution in [0.25, 0.3) is 0 Å². The van der Waals surface area contributed by atoms with Crippen molar-refractivity contribution in [2.75, 3.05) is 43.4 Å². The molecule has 4 rings (SSSR count). The van der Waals surface area contributed by atoms with Gasteiger partial charge in [-0.25, -0.2) is 9.97 Å². The first-order chi connectivity index (χ1) is 20.2. The van der Waals surface area contributed by atoms with Crippen LogP contribution < -0.4 is 16.0 Å². The molecule has 0 unspecified atom stereocenters. The minimum Gasteiger partial charge on any atom is -0.382 e. The number of anilines is 2. The van der Waals surface area contributed by atoms with Crippen molar-refractivity contribution in [1.82, 2.24) is 25.1 Å². The van der Waals surface area contributed by atoms with Gasteiger partial charge in [0, 0.05) is 38.3 Å². The number of Topliss-reactive ketones (excluding diaryl/α,β-unsaturated/α-hetero) is 1. The number of carbonyl (C=O) groups is 2. The van der Waals surface area contributed by atoms with Crippen molar-refractivity contribution in [3.8, 4) is 0 Å². The highest BCUT2D eigenvalue weighted by molar-refractivity contribution is 6.32. The average molecular weight is 598 g/mol. The molecule has 1 aromatic heterocycles. The molecule has 2 aliphatic heterocycles. The van der Waals surface area contributed by atoms with Gasteiger partial charge in [-0.1, -0.05) is 74.5 Å². The van der Waals surface area contributed by atoms with E-state index in [-0.39, 0.29) is 22.4 Å². The van der Waals surface area contributed by atoms with E-state index in [4.69, 9.17) is 17.3 Å². The minimum absolute atomic E-state index is 0.0270. The van der Waals surface area contributed by atoms with Crippen molar-refractivity contribution < 1.29 is 9.59 Å². The number of nitrogens with two attached hydrogens (primary N) is 1. The molecule has 1 amide bonds. The molecule has 9 nitrogen and oxygen atoms in total. The molecule has 3 N–H and O–H groups in total. The summed E-state index contributed by atoms with van der Waals surface area (Å²) in [4.78, 5) is 41.4. The summed E-state index contributed by atoms with van der Waals surface area (Å²) in [6.07, 6.45) is 6.84. The van der Waals surface area contributed by atoms with Gasteiger partial charge in [0.1, 0.15) is 0 Å². The van der Waals surface area contributed by atoms with E-state index in [1.165, 1.54) is 30.9 Å². The summed E-state index contributed by atoms with van der Waals surface area (Å²) >= 11 is 6.61. The number of rotatable bonds is 12. The Balaban J connectivity index is 1.35. The molecule has 2 atom stereocenters. The van der Waals surface area contributed by atoms with Crippen LogP contribution in [-0.2, 0) is 11.3 Å². The first-order valence-electron chi connectivity index (χ1n) is 15.6. The number of unbranched alkanes of at least 4 members (excludes halogenated alkanes) is 2. The van der Waals surface area contributed by atoms with Gasteiger partial charge in [0.15, 0.2) is 28.3 Å². The number of aryl methyl sites for hydroxylation is 1. The quantitative estimate of drug-likeness (QED) is 0.334. The molecule has 0 saturated carbocycles. The van der Waals surface area contributed by atoms with Crippen LogP contribution in [0.5, 0.6) is 0 Å². The van der Waals surface area contributed by atoms with Crippen molar-refractivity contribution in [3.63, 3.8) is 0 Å². The summed E-state index contributed by atoms with van der Waals surface area (Å²) in [6.45, 7) is 13.6. The Bertz CT molecular complexity index is 1200. The third-order valence-electron chi connectivity index (χ3n) is 8.82. The van der Waals surface area contributed by atoms with E-state index >= 15 is 0 Å². The van der Waals surface area contributed by atoms with E-state index < -0.39 is 11.9 Å². The molecule has 230 valence electrons. The van der Waals surface area contributed by atoms with Gasteiger partial charge in [-0.05, 0) is 58.2 Å². The zero-order valence-electron chi connectivity index (χ0n) is 25.7. The van der Waals surface area contributed by atoms with Crippen LogP contribution in [0.4, 0.5) is 11.6 Å². The fourth-order valence-electron chi connectivity index (χ4n) is 6.26. The summed E-state index contributed by atoms with van der Waals surface area (Å²) in [5.41, 5.74) is 8.89. The monoisotopic (exact) mass is 597 g/mol. The van der Waals surface area contributed by atoms with Crippen LogP contribution in [0.1, 0.15) is 87.3 Å². The normalized spacial score (nSPS) is 19.5. The lowest BCUT2D eigenvalue weighted by atomic mass is 9.98. The average Bonchev–Trinajstić information content (AvgIpc) is 2.98. The summed E-state index contributed by atoms with van der Waals surface area (Å²) in [6, 6.07) is 9.23. The number of likely N-dealkylation sites (tertiary alicyclic amines) is 1. The molecule has 2 fully saturated rings. The second-order valence-electron chi connectivity index (χ2n) is 11.9. The molecule has 2 saturated heterocycles. The number of ketones is 1. The largest absolute Gasteiger partial charge is 0.382 e. The first kappa shape index (κ1) is 32.2. The maximum Gasteiger partial charge on any atom is 0.274 e. The highest BCUT2D eigenvalue weighted by Crippen LogP contribution is 2.30. The standard InChI is InChI=1S/C32H48ClN7O2/c1-5-7-8-9-27(23(4)41)35-32(42)28-30(34)37-31(29(33)36-28)39-18-19-40(25(6-2)21-39)26-14-16-38(17-15-26)20-24-12-10-22(3)11-13-24/h10-13,25-27H,5-9,14-21H2,1-4H3,(H2,34,37)(H,35,42)/t25-,27+/m0/s1. The van der Waals surface area contributed by atoms with Crippen LogP contribution in [-0.4, -0.2) is 82.3 Å². The SMILES string of the molecule is CCCCC[C@@H](NC(=O)c1nc(Cl)c(N2CCN(C3CCN(Cc4ccc(C)cc4)CC3)[C@@H](CC)C2)nc1N)C(C)=O. The number of piperazine rings is 1. The molecular formula is C32H48ClN7O2. The number of nitrogens with one attached hydrogen (secondary N) is 1. The Labute approximate surface area is 256 Å². The lowest BCUT2D eigenvalue weighted by Crippen LogP contribution is -2.58. The van der Waals surface area contributed by atoms with E-state index in [0.29, 0.717) is 24.3 Å². The number of benzene rings is 1. The van der Waals surface area contributed by atoms with Crippen LogP contribution in [0, 0.1) is 6.92 Å². The first-order valence-corrected chi connectivity index (χ1v) is 16.0. The molecule has 0 radical (unpaired) electrons. The molecule has 3 heterocycles. The van der Waals surface area contributed by atoms with Crippen LogP contribution in [0.3, 0.4) is 0 Å². The van der Waals surface area contributed by atoms with Gasteiger partial charge in [0.25, 0.3) is 5.91 Å². The number of halogens is 1. The van der Waals surface area contributed by atoms with Crippen LogP contribution in [0.15, 0.2) is 24.3 Å². The Morgan fingerprint density at radius 2 is 1.79 bits per heavy atom. The highest BCUT2D eigenvalue weighted by Gasteiger charge is 2.34. The van der Waals surface area contributed by atoms with Crippen LogP contribution in [0.2, 0.25) is 5.15 Å². The lowest BCUT2D eigenvalue weighted by molar-refractivity contribution is -0.119. The van der Waals surface area contributed by atoms with Gasteiger partial charge in [0.2, 0.25) is 0 Å². The lowest BCUT2D eigenvalue weighted by Gasteiger charge is -2.47. The number of amides is 1. The van der Waals surface area contributed by atoms with Gasteiger partial charge >= 0.3 is 0 Å². The number of nitrogens with zero attached hydrogens (tertiary/aromatic N) is 5. The molecule has 0 spiro atoms. The zero-order valence-corrected chi connectivity index (χ0v) is 26.5. The number of nitrogen functional groups attached to an aromatic ring is 1. The van der Waals surface area contributed by atoms with Gasteiger partial charge in [0.05, 0.1) is 6.04 Å². The zero-order chi connectivity index (χ0) is 30.2. The Kier molecular flexibility index (Phi) is 11.6. The van der Waals surface area contributed by atoms with E-state index in [1.54, 1.807) is 0 Å². The summed E-state index contributed by atoms with van der Waals surface area (Å²) in [5.74, 6) is -0.0637. The molecule has 2 aliphatic rings. The smallest absolute Gasteiger partial charge is 0.274 e. The van der Waals surface area contributed by atoms with Gasteiger partial charge in [-0.15, -0.1) is 0 Å². The number of aromatic nitrogens is 2. The van der Waals surface area contributed by atoms with E-state index in [2.05, 4.69) is 75.0 Å². The summed E-state index contributed by atoms with van der Waals surface area (Å²) < 4.78 is 0. The number of carbonyl (C=O) groups excluding carboxylic acids is 2. The molecular weight excluding hydrogens is 550 g/mol. The Hall–Kier alpha value is -2.75. The summed E-state index contributed by atoms with van der Waals surface area (Å²) in [5, 5.41) is 2.94. The van der Waals surface area contributed by atoms with Gasteiger partial charge in [-0.2, -0.15) is 0 Å². The highest BCUT2D eigenvalue weighted by atomic mass is 35.5. The Morgan fingerprint density at radius 3 is 2.43 bits per heavy atom. The van der Waals surface area contributed by atoms with Crippen LogP contribution >= 0.6 is 11.6 Å². The summed E-state index contributed by atoms with van der Waals surface area (Å²) in [7, 11) is 0. The Morgan fingerprint density at radius 1 is 1.07 bits per heavy atom. The van der Waals surface area contributed by atoms with Gasteiger partial charge in [-0.3, -0.25) is 19.4 Å². The minimum atomic E-state index is -0.573. The topological polar surface area (TPSA) is 108 Å². The second-order valence-corrected chi connectivity index (χ2v) is 12.3. The number of hydrogen-bond acceptors (Lipinski definition) is 8. The van der Waals surface area contributed by atoms with E-state index in [0.717, 1.165) is 65.0 Å². The number of piperidine rings is 1. The van der Waals surface area contributed by atoms with Crippen molar-refractivity contribution in [2.45, 2.75) is 97.3 Å². The molecule has 42 heavy (non-hydrogen) atoms. The molecule has 2 aromatic rings. The van der Waals surface area contributed by atoms with Gasteiger partial charge < -0.3 is 16.0 Å². The number of hydrogen-bond donors (Lipinski definition) is 2. The predicted octanol–water partition coefficient (Wildman–Crippen LogP) is 4.85. The maximum atomic E-state index is 13.0. The third-order valence-corrected chi connectivity index (χ3v) is 9.08. The molecule has 0 aliphatic carbocycles. The fourth-order valence-corrected chi connectivity index (χ4v) is 6.50. The van der Waals surface area contributed by atoms with Crippen molar-refractivity contribution in [1.29, 1.82) is 0 Å². The van der Waals surface area contributed by atoms with Crippen molar-refractivity contribution in [3.05, 3.63) is 46.2 Å². The van der Waals surface area contributed by atoms with Crippen molar-refractivity contribution in [2.24, 2.45) is 0 Å². The molecule has 0 bridgehead atoms. The van der Waals surface area contributed by atoms with E-state index in [9.17, 15) is 9.59 Å². The second kappa shape index (κ2) is 15.1. The fraction of sp³-hybridized carbons (Fsp3) is 0.625. The maximum absolute atomic E-state index is 13.0.